The number of halogens is 1. The van der Waals surface area contributed by atoms with Crippen molar-refractivity contribution in [1.29, 1.82) is 0 Å². The van der Waals surface area contributed by atoms with Gasteiger partial charge in [0.2, 0.25) is 0 Å². The van der Waals surface area contributed by atoms with Gasteiger partial charge in [-0.2, -0.15) is 0 Å². The lowest BCUT2D eigenvalue weighted by atomic mass is 9.95. The molecule has 136 valence electrons. The van der Waals surface area contributed by atoms with E-state index in [0.29, 0.717) is 5.57 Å². The van der Waals surface area contributed by atoms with Crippen molar-refractivity contribution in [3.05, 3.63) is 41.2 Å². The van der Waals surface area contributed by atoms with Gasteiger partial charge in [-0.05, 0) is 31.5 Å². The average Bonchev–Trinajstić information content (AvgIpc) is 2.57. The number of aryl methyl sites for hydroxylation is 1. The van der Waals surface area contributed by atoms with Crippen LogP contribution in [0.2, 0.25) is 0 Å². The lowest BCUT2D eigenvalue weighted by Gasteiger charge is -2.37. The van der Waals surface area contributed by atoms with Crippen molar-refractivity contribution in [2.45, 2.75) is 20.0 Å². The third-order valence-corrected chi connectivity index (χ3v) is 3.94. The summed E-state index contributed by atoms with van der Waals surface area (Å²) in [4.78, 5) is 30.8. The number of hydroxylamine groups is 1. The molecule has 0 spiro atoms. The number of rotatable bonds is 6. The van der Waals surface area contributed by atoms with Gasteiger partial charge in [0.05, 0.1) is 24.8 Å². The van der Waals surface area contributed by atoms with Gasteiger partial charge in [0.25, 0.3) is 11.8 Å². The van der Waals surface area contributed by atoms with Crippen LogP contribution in [0.5, 0.6) is 0 Å². The molecule has 2 amide bonds. The van der Waals surface area contributed by atoms with Gasteiger partial charge in [-0.15, -0.1) is 0 Å². The van der Waals surface area contributed by atoms with Crippen LogP contribution in [-0.2, 0) is 14.4 Å². The van der Waals surface area contributed by atoms with Crippen LogP contribution in [0.25, 0.3) is 0 Å². The Kier molecular flexibility index (Phi) is 6.11. The number of likely N-dealkylation sites (N-methyl/N-ethyl adjacent to an activating group) is 1. The average molecular weight is 351 g/mol. The second-order valence-electron chi connectivity index (χ2n) is 5.90. The molecular weight excluding hydrogens is 329 g/mol. The molecule has 1 aliphatic rings. The fourth-order valence-electron chi connectivity index (χ4n) is 2.62. The van der Waals surface area contributed by atoms with Crippen molar-refractivity contribution in [3.8, 4) is 0 Å². The molecule has 1 aliphatic heterocycles. The number of amides is 2. The molecule has 0 radical (unpaired) electrons. The first-order valence-corrected chi connectivity index (χ1v) is 7.86. The van der Waals surface area contributed by atoms with Crippen LogP contribution < -0.4 is 10.8 Å². The van der Waals surface area contributed by atoms with Crippen molar-refractivity contribution >= 4 is 17.5 Å². The Hall–Kier alpha value is -2.45. The van der Waals surface area contributed by atoms with Crippen LogP contribution >= 0.6 is 0 Å². The van der Waals surface area contributed by atoms with Crippen LogP contribution in [-0.4, -0.2) is 48.2 Å². The monoisotopic (exact) mass is 351 g/mol. The van der Waals surface area contributed by atoms with Crippen molar-refractivity contribution in [3.63, 3.8) is 0 Å². The van der Waals surface area contributed by atoms with Crippen LogP contribution in [0.4, 0.5) is 10.1 Å². The molecule has 0 saturated carbocycles. The fourth-order valence-corrected chi connectivity index (χ4v) is 2.62. The SMILES string of the molecule is CC1=CC(C(=O)NOCCO)C(Nc2ccc(C)cc2F)N(C)C1=O. The number of nitrogens with one attached hydrogen (secondary N) is 2. The number of aliphatic hydroxyl groups is 1. The smallest absolute Gasteiger partial charge is 0.254 e. The third-order valence-electron chi connectivity index (χ3n) is 3.94. The van der Waals surface area contributed by atoms with Crippen molar-refractivity contribution < 1.29 is 23.9 Å². The minimum atomic E-state index is -0.790. The summed E-state index contributed by atoms with van der Waals surface area (Å²) < 4.78 is 14.1. The Balaban J connectivity index is 2.26. The van der Waals surface area contributed by atoms with E-state index < -0.39 is 23.8 Å². The zero-order chi connectivity index (χ0) is 18.6. The molecular formula is C17H22FN3O4. The molecule has 0 saturated heterocycles. The minimum absolute atomic E-state index is 0.0549. The highest BCUT2D eigenvalue weighted by molar-refractivity contribution is 5.96. The number of benzene rings is 1. The zero-order valence-corrected chi connectivity index (χ0v) is 14.4. The molecule has 0 fully saturated rings. The molecule has 3 N–H and O–H groups in total. The number of nitrogens with zero attached hydrogens (tertiary/aromatic N) is 1. The van der Waals surface area contributed by atoms with Crippen LogP contribution in [0.3, 0.4) is 0 Å². The predicted molar refractivity (Wildman–Crippen MR) is 89.7 cm³/mol. The Labute approximate surface area is 145 Å². The van der Waals surface area contributed by atoms with Gasteiger partial charge in [0.15, 0.2) is 0 Å². The summed E-state index contributed by atoms with van der Waals surface area (Å²) in [7, 11) is 1.54. The lowest BCUT2D eigenvalue weighted by molar-refractivity contribution is -0.141. The first-order valence-electron chi connectivity index (χ1n) is 7.86. The third kappa shape index (κ3) is 4.34. The zero-order valence-electron chi connectivity index (χ0n) is 14.4. The van der Waals surface area contributed by atoms with Crippen molar-refractivity contribution in [2.24, 2.45) is 5.92 Å². The van der Waals surface area contributed by atoms with Gasteiger partial charge in [0, 0.05) is 12.6 Å². The first-order chi connectivity index (χ1) is 11.8. The number of hydrogen-bond donors (Lipinski definition) is 3. The molecule has 25 heavy (non-hydrogen) atoms. The summed E-state index contributed by atoms with van der Waals surface area (Å²) >= 11 is 0. The topological polar surface area (TPSA) is 90.9 Å². The van der Waals surface area contributed by atoms with E-state index in [4.69, 9.17) is 9.94 Å². The molecule has 2 unspecified atom stereocenters. The summed E-state index contributed by atoms with van der Waals surface area (Å²) in [6.45, 7) is 3.08. The number of anilines is 1. The molecule has 7 nitrogen and oxygen atoms in total. The highest BCUT2D eigenvalue weighted by Crippen LogP contribution is 2.25. The maximum absolute atomic E-state index is 14.1. The lowest BCUT2D eigenvalue weighted by Crippen LogP contribution is -2.54. The maximum atomic E-state index is 14.1. The van der Waals surface area contributed by atoms with E-state index in [-0.39, 0.29) is 24.8 Å². The van der Waals surface area contributed by atoms with Gasteiger partial charge in [-0.25, -0.2) is 9.87 Å². The Morgan fingerprint density at radius 3 is 2.76 bits per heavy atom. The van der Waals surface area contributed by atoms with Gasteiger partial charge >= 0.3 is 0 Å². The summed E-state index contributed by atoms with van der Waals surface area (Å²) in [5, 5.41) is 11.6. The van der Waals surface area contributed by atoms with E-state index in [9.17, 15) is 14.0 Å². The number of aliphatic hydroxyl groups excluding tert-OH is 1. The molecule has 2 rings (SSSR count). The fraction of sp³-hybridized carbons (Fsp3) is 0.412. The van der Waals surface area contributed by atoms with Gasteiger partial charge in [-0.3, -0.25) is 14.4 Å². The van der Waals surface area contributed by atoms with E-state index in [2.05, 4.69) is 10.8 Å². The Morgan fingerprint density at radius 1 is 1.40 bits per heavy atom. The Morgan fingerprint density at radius 2 is 2.12 bits per heavy atom. The molecule has 0 aliphatic carbocycles. The van der Waals surface area contributed by atoms with Gasteiger partial charge in [-0.1, -0.05) is 12.1 Å². The Bertz CT molecular complexity index is 692. The largest absolute Gasteiger partial charge is 0.394 e. The van der Waals surface area contributed by atoms with E-state index in [1.165, 1.54) is 24.1 Å². The normalized spacial score (nSPS) is 20.3. The van der Waals surface area contributed by atoms with Crippen LogP contribution in [0.1, 0.15) is 12.5 Å². The summed E-state index contributed by atoms with van der Waals surface area (Å²) in [6.07, 6.45) is 0.732. The predicted octanol–water partition coefficient (Wildman–Crippen LogP) is 0.947. The van der Waals surface area contributed by atoms with Crippen LogP contribution in [0, 0.1) is 18.7 Å². The molecule has 0 aromatic heterocycles. The molecule has 8 heteroatoms. The molecule has 0 bridgehead atoms. The number of hydrogen-bond acceptors (Lipinski definition) is 5. The highest BCUT2D eigenvalue weighted by atomic mass is 19.1. The first kappa shape index (κ1) is 18.9. The number of carbonyl (C=O) groups excluding carboxylic acids is 2. The summed E-state index contributed by atoms with van der Waals surface area (Å²) in [5.41, 5.74) is 3.60. The molecule has 2 atom stereocenters. The van der Waals surface area contributed by atoms with E-state index in [1.54, 1.807) is 26.0 Å². The van der Waals surface area contributed by atoms with E-state index >= 15 is 0 Å². The molecule has 1 aromatic rings. The van der Waals surface area contributed by atoms with Gasteiger partial charge < -0.3 is 15.3 Å². The van der Waals surface area contributed by atoms with Crippen molar-refractivity contribution in [1.82, 2.24) is 10.4 Å². The standard InChI is InChI=1S/C17H22FN3O4/c1-10-4-5-14(13(18)8-10)19-15-12(16(23)20-25-7-6-22)9-11(2)17(24)21(15)3/h4-5,8-9,12,15,19,22H,6-7H2,1-3H3,(H,20,23). The molecule has 1 heterocycles. The highest BCUT2D eigenvalue weighted by Gasteiger charge is 2.37. The van der Waals surface area contributed by atoms with Gasteiger partial charge in [0.1, 0.15) is 12.0 Å². The minimum Gasteiger partial charge on any atom is -0.394 e. The second kappa shape index (κ2) is 8.09. The summed E-state index contributed by atoms with van der Waals surface area (Å²) in [6, 6.07) is 4.66. The maximum Gasteiger partial charge on any atom is 0.254 e. The second-order valence-corrected chi connectivity index (χ2v) is 5.90. The number of carbonyl (C=O) groups is 2. The van der Waals surface area contributed by atoms with Crippen LogP contribution in [0.15, 0.2) is 29.8 Å². The van der Waals surface area contributed by atoms with E-state index in [0.717, 1.165) is 5.56 Å². The summed E-state index contributed by atoms with van der Waals surface area (Å²) in [5.74, 6) is -2.02. The quantitative estimate of drug-likeness (QED) is 0.524. The van der Waals surface area contributed by atoms with E-state index in [1.807, 2.05) is 0 Å². The molecule has 1 aromatic carbocycles. The van der Waals surface area contributed by atoms with Crippen molar-refractivity contribution in [2.75, 3.05) is 25.6 Å².